The summed E-state index contributed by atoms with van der Waals surface area (Å²) in [5, 5.41) is 2.85. The van der Waals surface area contributed by atoms with Crippen molar-refractivity contribution in [1.82, 2.24) is 0 Å². The molecule has 1 rings (SSSR count). The summed E-state index contributed by atoms with van der Waals surface area (Å²) < 4.78 is 26.0. The lowest BCUT2D eigenvalue weighted by atomic mass is 9.97. The van der Waals surface area contributed by atoms with Crippen molar-refractivity contribution in [2.75, 3.05) is 0 Å². The van der Waals surface area contributed by atoms with E-state index in [9.17, 15) is 13.7 Å². The first-order chi connectivity index (χ1) is 6.67. The Morgan fingerprint density at radius 2 is 2.43 bits per heavy atom. The van der Waals surface area contributed by atoms with E-state index in [2.05, 4.69) is 5.18 Å². The standard InChI is InChI=1S/C10H13F2NO/c1-2-9(13-14)6-7-5-8(11)3-4-10(7)12/h4-5,8-9H,2-3,6H2,1H3. The highest BCUT2D eigenvalue weighted by atomic mass is 19.1. The Morgan fingerprint density at radius 1 is 1.71 bits per heavy atom. The first kappa shape index (κ1) is 11.0. The van der Waals surface area contributed by atoms with Crippen molar-refractivity contribution in [1.29, 1.82) is 0 Å². The lowest BCUT2D eigenvalue weighted by Crippen LogP contribution is -2.09. The maximum absolute atomic E-state index is 13.1. The van der Waals surface area contributed by atoms with Gasteiger partial charge in [0.25, 0.3) is 0 Å². The molecule has 0 saturated carbocycles. The summed E-state index contributed by atoms with van der Waals surface area (Å²) in [5.41, 5.74) is 0.273. The van der Waals surface area contributed by atoms with E-state index >= 15 is 0 Å². The fraction of sp³-hybridized carbons (Fsp3) is 0.600. The molecule has 2 atom stereocenters. The topological polar surface area (TPSA) is 29.4 Å². The fourth-order valence-electron chi connectivity index (χ4n) is 1.39. The Bertz CT molecular complexity index is 273. The van der Waals surface area contributed by atoms with Gasteiger partial charge in [-0.1, -0.05) is 12.1 Å². The van der Waals surface area contributed by atoms with Crippen molar-refractivity contribution in [3.63, 3.8) is 0 Å². The molecule has 0 amide bonds. The largest absolute Gasteiger partial charge is 0.243 e. The summed E-state index contributed by atoms with van der Waals surface area (Å²) in [5.74, 6) is -0.416. The minimum absolute atomic E-state index is 0.0840. The number of nitroso groups, excluding NO2 is 1. The highest BCUT2D eigenvalue weighted by Gasteiger charge is 2.18. The number of allylic oxidation sites excluding steroid dienone is 3. The highest BCUT2D eigenvalue weighted by Crippen LogP contribution is 2.26. The van der Waals surface area contributed by atoms with E-state index in [0.717, 1.165) is 0 Å². The van der Waals surface area contributed by atoms with Gasteiger partial charge in [-0.3, -0.25) is 0 Å². The molecule has 0 N–H and O–H groups in total. The minimum atomic E-state index is -1.13. The van der Waals surface area contributed by atoms with Crippen LogP contribution in [0.1, 0.15) is 26.2 Å². The quantitative estimate of drug-likeness (QED) is 0.640. The van der Waals surface area contributed by atoms with Crippen LogP contribution in [0.25, 0.3) is 0 Å². The van der Waals surface area contributed by atoms with Crippen molar-refractivity contribution in [3.05, 3.63) is 28.5 Å². The van der Waals surface area contributed by atoms with E-state index in [1.807, 2.05) is 0 Å². The van der Waals surface area contributed by atoms with E-state index in [1.165, 1.54) is 12.2 Å². The molecule has 0 radical (unpaired) electrons. The van der Waals surface area contributed by atoms with Crippen molar-refractivity contribution < 1.29 is 8.78 Å². The predicted octanol–water partition coefficient (Wildman–Crippen LogP) is 3.44. The van der Waals surface area contributed by atoms with Crippen LogP contribution in [0.4, 0.5) is 8.78 Å². The monoisotopic (exact) mass is 201 g/mol. The molecule has 0 saturated heterocycles. The van der Waals surface area contributed by atoms with Crippen LogP contribution in [0, 0.1) is 4.91 Å². The molecular weight excluding hydrogens is 188 g/mol. The van der Waals surface area contributed by atoms with Gasteiger partial charge in [0, 0.05) is 12.8 Å². The van der Waals surface area contributed by atoms with Gasteiger partial charge in [0.15, 0.2) is 0 Å². The fourth-order valence-corrected chi connectivity index (χ4v) is 1.39. The molecule has 0 aliphatic heterocycles. The Labute approximate surface area is 81.7 Å². The zero-order valence-electron chi connectivity index (χ0n) is 8.04. The first-order valence-electron chi connectivity index (χ1n) is 4.70. The second-order valence-corrected chi connectivity index (χ2v) is 3.37. The third kappa shape index (κ3) is 2.72. The molecule has 1 aliphatic rings. The maximum Gasteiger partial charge on any atom is 0.122 e. The molecule has 1 aliphatic carbocycles. The van der Waals surface area contributed by atoms with Crippen LogP contribution in [0.15, 0.2) is 28.7 Å². The molecule has 0 bridgehead atoms. The zero-order valence-corrected chi connectivity index (χ0v) is 8.04. The molecule has 4 heteroatoms. The molecule has 0 aromatic carbocycles. The van der Waals surface area contributed by atoms with Gasteiger partial charge in [0.05, 0.1) is 6.04 Å². The summed E-state index contributed by atoms with van der Waals surface area (Å²) >= 11 is 0. The molecule has 0 heterocycles. The van der Waals surface area contributed by atoms with E-state index in [-0.39, 0.29) is 18.4 Å². The summed E-state index contributed by atoms with van der Waals surface area (Å²) in [6, 6.07) is -0.453. The van der Waals surface area contributed by atoms with E-state index in [4.69, 9.17) is 0 Å². The van der Waals surface area contributed by atoms with Gasteiger partial charge in [0.2, 0.25) is 0 Å². The zero-order chi connectivity index (χ0) is 10.6. The number of alkyl halides is 1. The van der Waals surface area contributed by atoms with Gasteiger partial charge < -0.3 is 0 Å². The Kier molecular flexibility index (Phi) is 3.92. The smallest absolute Gasteiger partial charge is 0.122 e. The third-order valence-corrected chi connectivity index (χ3v) is 2.29. The molecule has 0 spiro atoms. The average Bonchev–Trinajstić information content (AvgIpc) is 2.19. The van der Waals surface area contributed by atoms with Gasteiger partial charge >= 0.3 is 0 Å². The second kappa shape index (κ2) is 4.98. The van der Waals surface area contributed by atoms with E-state index in [1.54, 1.807) is 6.92 Å². The van der Waals surface area contributed by atoms with Crippen LogP contribution in [0.2, 0.25) is 0 Å². The predicted molar refractivity (Wildman–Crippen MR) is 51.3 cm³/mol. The lowest BCUT2D eigenvalue weighted by molar-refractivity contribution is 0.390. The van der Waals surface area contributed by atoms with Gasteiger partial charge in [-0.15, -0.1) is 0 Å². The van der Waals surface area contributed by atoms with Crippen molar-refractivity contribution >= 4 is 0 Å². The van der Waals surface area contributed by atoms with Crippen LogP contribution >= 0.6 is 0 Å². The molecule has 2 nitrogen and oxygen atoms in total. The number of rotatable bonds is 4. The van der Waals surface area contributed by atoms with Gasteiger partial charge in [-0.25, -0.2) is 8.78 Å². The molecule has 2 unspecified atom stereocenters. The maximum atomic E-state index is 13.1. The number of hydrogen-bond acceptors (Lipinski definition) is 2. The molecular formula is C10H13F2NO. The van der Waals surface area contributed by atoms with Crippen molar-refractivity contribution in [2.24, 2.45) is 5.18 Å². The van der Waals surface area contributed by atoms with Gasteiger partial charge in [-0.2, -0.15) is 4.91 Å². The summed E-state index contributed by atoms with van der Waals surface area (Å²) in [6.07, 6.45) is 2.16. The summed E-state index contributed by atoms with van der Waals surface area (Å²) in [7, 11) is 0. The highest BCUT2D eigenvalue weighted by molar-refractivity contribution is 5.31. The van der Waals surface area contributed by atoms with Gasteiger partial charge in [0.1, 0.15) is 12.0 Å². The third-order valence-electron chi connectivity index (χ3n) is 2.29. The average molecular weight is 201 g/mol. The van der Waals surface area contributed by atoms with E-state index in [0.29, 0.717) is 6.42 Å². The molecule has 0 aromatic heterocycles. The Morgan fingerprint density at radius 3 is 3.00 bits per heavy atom. The van der Waals surface area contributed by atoms with Gasteiger partial charge in [-0.05, 0) is 24.1 Å². The SMILES string of the molecule is CCC(CC1=CC(F)CC=C1F)N=O. The Hall–Kier alpha value is -1.06. The summed E-state index contributed by atoms with van der Waals surface area (Å²) in [4.78, 5) is 10.3. The first-order valence-corrected chi connectivity index (χ1v) is 4.70. The number of hydrogen-bond donors (Lipinski definition) is 0. The lowest BCUT2D eigenvalue weighted by Gasteiger charge is -2.14. The van der Waals surface area contributed by atoms with Crippen LogP contribution in [-0.4, -0.2) is 12.2 Å². The molecule has 0 aromatic rings. The van der Waals surface area contributed by atoms with Crippen molar-refractivity contribution in [3.8, 4) is 0 Å². The van der Waals surface area contributed by atoms with E-state index < -0.39 is 18.0 Å². The second-order valence-electron chi connectivity index (χ2n) is 3.37. The molecule has 0 fully saturated rings. The number of nitrogens with zero attached hydrogens (tertiary/aromatic N) is 1. The molecule has 78 valence electrons. The Balaban J connectivity index is 2.66. The normalized spacial score (nSPS) is 23.8. The minimum Gasteiger partial charge on any atom is -0.243 e. The van der Waals surface area contributed by atoms with Crippen LogP contribution in [0.3, 0.4) is 0 Å². The molecule has 14 heavy (non-hydrogen) atoms. The van der Waals surface area contributed by atoms with Crippen LogP contribution in [0.5, 0.6) is 0 Å². The summed E-state index contributed by atoms with van der Waals surface area (Å²) in [6.45, 7) is 1.80. The van der Waals surface area contributed by atoms with Crippen molar-refractivity contribution in [2.45, 2.75) is 38.4 Å². The van der Waals surface area contributed by atoms with Crippen LogP contribution < -0.4 is 0 Å². The van der Waals surface area contributed by atoms with Crippen LogP contribution in [-0.2, 0) is 0 Å². The number of halogens is 2.